The number of piperidine rings is 1. The molecular weight excluding hydrogens is 198 g/mol. The zero-order chi connectivity index (χ0) is 11.5. The van der Waals surface area contributed by atoms with E-state index in [1.54, 1.807) is 0 Å². The Morgan fingerprint density at radius 1 is 1.50 bits per heavy atom. The molecule has 16 heavy (non-hydrogen) atoms. The van der Waals surface area contributed by atoms with Crippen LogP contribution in [0.5, 0.6) is 0 Å². The molecule has 88 valence electrons. The Bertz CT molecular complexity index is 362. The van der Waals surface area contributed by atoms with Crippen LogP contribution in [0.1, 0.15) is 43.4 Å². The van der Waals surface area contributed by atoms with Crippen molar-refractivity contribution in [2.24, 2.45) is 0 Å². The van der Waals surface area contributed by atoms with Gasteiger partial charge in [0.2, 0.25) is 0 Å². The third kappa shape index (κ3) is 2.19. The summed E-state index contributed by atoms with van der Waals surface area (Å²) in [6, 6.07) is 2.74. The van der Waals surface area contributed by atoms with Gasteiger partial charge in [0, 0.05) is 12.2 Å². The van der Waals surface area contributed by atoms with Gasteiger partial charge in [-0.15, -0.1) is 0 Å². The van der Waals surface area contributed by atoms with Crippen molar-refractivity contribution in [3.63, 3.8) is 0 Å². The quantitative estimate of drug-likeness (QED) is 0.831. The Morgan fingerprint density at radius 2 is 2.31 bits per heavy atom. The molecule has 1 saturated heterocycles. The molecule has 1 aromatic heterocycles. The maximum absolute atomic E-state index is 5.76. The van der Waals surface area contributed by atoms with Crippen LogP contribution in [0.25, 0.3) is 0 Å². The van der Waals surface area contributed by atoms with Gasteiger partial charge >= 0.3 is 0 Å². The summed E-state index contributed by atoms with van der Waals surface area (Å²) in [5, 5.41) is 0. The molecule has 0 unspecified atom stereocenters. The number of nitrogens with zero attached hydrogens (tertiary/aromatic N) is 2. The number of nitrogens with two attached hydrogens (primary N) is 1. The van der Waals surface area contributed by atoms with Crippen molar-refractivity contribution in [1.29, 1.82) is 0 Å². The largest absolute Gasteiger partial charge is 0.383 e. The summed E-state index contributed by atoms with van der Waals surface area (Å²) >= 11 is 0. The highest BCUT2D eigenvalue weighted by atomic mass is 15.2. The molecule has 1 atom stereocenters. The maximum Gasteiger partial charge on any atom is 0.126 e. The summed E-state index contributed by atoms with van der Waals surface area (Å²) in [4.78, 5) is 6.81. The molecule has 0 amide bonds. The smallest absolute Gasteiger partial charge is 0.126 e. The number of likely N-dealkylation sites (tertiary alicyclic amines) is 1. The molecule has 0 spiro atoms. The number of anilines is 1. The van der Waals surface area contributed by atoms with E-state index >= 15 is 0 Å². The highest BCUT2D eigenvalue weighted by Gasteiger charge is 2.22. The summed E-state index contributed by atoms with van der Waals surface area (Å²) in [7, 11) is 0. The van der Waals surface area contributed by atoms with Crippen LogP contribution in [0.2, 0.25) is 0 Å². The Labute approximate surface area is 97.7 Å². The first-order chi connectivity index (χ1) is 7.72. The van der Waals surface area contributed by atoms with Crippen molar-refractivity contribution < 1.29 is 0 Å². The van der Waals surface area contributed by atoms with Crippen LogP contribution in [0.4, 0.5) is 5.82 Å². The van der Waals surface area contributed by atoms with E-state index < -0.39 is 0 Å². The normalized spacial score (nSPS) is 22.2. The highest BCUT2D eigenvalue weighted by molar-refractivity contribution is 5.40. The number of nitrogen functional groups attached to an aromatic ring is 1. The zero-order valence-corrected chi connectivity index (χ0v) is 10.2. The van der Waals surface area contributed by atoms with E-state index in [2.05, 4.69) is 22.9 Å². The summed E-state index contributed by atoms with van der Waals surface area (Å²) in [6.07, 6.45) is 5.84. The topological polar surface area (TPSA) is 42.2 Å². The summed E-state index contributed by atoms with van der Waals surface area (Å²) in [5.74, 6) is 0.655. The molecule has 1 fully saturated rings. The Balaban J connectivity index is 2.23. The van der Waals surface area contributed by atoms with Crippen LogP contribution >= 0.6 is 0 Å². The number of hydrogen-bond acceptors (Lipinski definition) is 3. The molecule has 0 bridgehead atoms. The standard InChI is InChI=1S/C13H21N3/c1-3-16-7-5-4-6-12(16)11-8-10(2)13(14)15-9-11/h8-9,12H,3-7H2,1-2H3,(H2,14,15)/t12-/m0/s1. The molecule has 1 aliphatic rings. The number of hydrogen-bond donors (Lipinski definition) is 1. The molecule has 0 aliphatic carbocycles. The predicted octanol–water partition coefficient (Wildman–Crippen LogP) is 2.52. The van der Waals surface area contributed by atoms with Crippen molar-refractivity contribution in [2.75, 3.05) is 18.8 Å². The van der Waals surface area contributed by atoms with E-state index in [-0.39, 0.29) is 0 Å². The van der Waals surface area contributed by atoms with Crippen molar-refractivity contribution in [3.8, 4) is 0 Å². The Kier molecular flexibility index (Phi) is 3.44. The van der Waals surface area contributed by atoms with Crippen molar-refractivity contribution in [3.05, 3.63) is 23.4 Å². The van der Waals surface area contributed by atoms with Crippen molar-refractivity contribution in [1.82, 2.24) is 9.88 Å². The molecule has 2 heterocycles. The van der Waals surface area contributed by atoms with E-state index in [0.717, 1.165) is 12.1 Å². The van der Waals surface area contributed by atoms with E-state index in [1.807, 2.05) is 13.1 Å². The minimum Gasteiger partial charge on any atom is -0.383 e. The monoisotopic (exact) mass is 219 g/mol. The molecule has 1 aliphatic heterocycles. The molecular formula is C13H21N3. The molecule has 3 nitrogen and oxygen atoms in total. The minimum absolute atomic E-state index is 0.547. The predicted molar refractivity (Wildman–Crippen MR) is 67.2 cm³/mol. The second-order valence-corrected chi connectivity index (χ2v) is 4.61. The lowest BCUT2D eigenvalue weighted by Gasteiger charge is -2.35. The number of pyridine rings is 1. The van der Waals surface area contributed by atoms with E-state index in [1.165, 1.54) is 31.4 Å². The Morgan fingerprint density at radius 3 is 3.00 bits per heavy atom. The minimum atomic E-state index is 0.547. The number of rotatable bonds is 2. The first kappa shape index (κ1) is 11.4. The number of aryl methyl sites for hydroxylation is 1. The third-order valence-electron chi connectivity index (χ3n) is 3.54. The van der Waals surface area contributed by atoms with E-state index in [4.69, 9.17) is 5.73 Å². The lowest BCUT2D eigenvalue weighted by Crippen LogP contribution is -2.33. The molecule has 0 radical (unpaired) electrons. The van der Waals surface area contributed by atoms with Crippen molar-refractivity contribution in [2.45, 2.75) is 39.2 Å². The number of aromatic nitrogens is 1. The fourth-order valence-corrected chi connectivity index (χ4v) is 2.54. The fraction of sp³-hybridized carbons (Fsp3) is 0.615. The molecule has 2 N–H and O–H groups in total. The van der Waals surface area contributed by atoms with Crippen LogP contribution in [0.3, 0.4) is 0 Å². The Hall–Kier alpha value is -1.09. The average molecular weight is 219 g/mol. The first-order valence-electron chi connectivity index (χ1n) is 6.18. The molecule has 2 rings (SSSR count). The highest BCUT2D eigenvalue weighted by Crippen LogP contribution is 2.30. The lowest BCUT2D eigenvalue weighted by molar-refractivity contribution is 0.157. The average Bonchev–Trinajstić information content (AvgIpc) is 2.32. The summed E-state index contributed by atoms with van der Waals surface area (Å²) in [6.45, 7) is 6.60. The van der Waals surface area contributed by atoms with Gasteiger partial charge in [-0.3, -0.25) is 4.90 Å². The van der Waals surface area contributed by atoms with Gasteiger partial charge in [0.05, 0.1) is 0 Å². The van der Waals surface area contributed by atoms with E-state index in [0.29, 0.717) is 11.9 Å². The van der Waals surface area contributed by atoms with Gasteiger partial charge < -0.3 is 5.73 Å². The fourth-order valence-electron chi connectivity index (χ4n) is 2.54. The third-order valence-corrected chi connectivity index (χ3v) is 3.54. The second-order valence-electron chi connectivity index (χ2n) is 4.61. The van der Waals surface area contributed by atoms with Gasteiger partial charge in [-0.2, -0.15) is 0 Å². The van der Waals surface area contributed by atoms with Gasteiger partial charge in [0.1, 0.15) is 5.82 Å². The van der Waals surface area contributed by atoms with Gasteiger partial charge in [-0.25, -0.2) is 4.98 Å². The van der Waals surface area contributed by atoms with Gasteiger partial charge in [-0.1, -0.05) is 13.3 Å². The molecule has 0 aromatic carbocycles. The zero-order valence-electron chi connectivity index (χ0n) is 10.2. The molecule has 1 aromatic rings. The second kappa shape index (κ2) is 4.83. The van der Waals surface area contributed by atoms with Gasteiger partial charge in [0.15, 0.2) is 0 Å². The van der Waals surface area contributed by atoms with Crippen LogP contribution in [-0.4, -0.2) is 23.0 Å². The summed E-state index contributed by atoms with van der Waals surface area (Å²) < 4.78 is 0. The lowest BCUT2D eigenvalue weighted by atomic mass is 9.95. The van der Waals surface area contributed by atoms with Crippen LogP contribution in [0.15, 0.2) is 12.3 Å². The molecule has 3 heteroatoms. The van der Waals surface area contributed by atoms with Gasteiger partial charge in [-0.05, 0) is 50.0 Å². The maximum atomic E-state index is 5.76. The van der Waals surface area contributed by atoms with Crippen molar-refractivity contribution >= 4 is 5.82 Å². The van der Waals surface area contributed by atoms with E-state index in [9.17, 15) is 0 Å². The molecule has 0 saturated carbocycles. The van der Waals surface area contributed by atoms with Crippen LogP contribution in [-0.2, 0) is 0 Å². The summed E-state index contributed by atoms with van der Waals surface area (Å²) in [5.41, 5.74) is 8.18. The van der Waals surface area contributed by atoms with Gasteiger partial charge in [0.25, 0.3) is 0 Å². The van der Waals surface area contributed by atoms with Crippen LogP contribution < -0.4 is 5.73 Å². The SMILES string of the molecule is CCN1CCCC[C@H]1c1cnc(N)c(C)c1. The first-order valence-corrected chi connectivity index (χ1v) is 6.18. The van der Waals surface area contributed by atoms with Crippen LogP contribution in [0, 0.1) is 6.92 Å².